The number of guanidine groups is 1. The molecule has 2 aromatic rings. The van der Waals surface area contributed by atoms with Crippen molar-refractivity contribution in [2.24, 2.45) is 4.99 Å². The number of aliphatic imine (C=N–C) groups is 1. The Morgan fingerprint density at radius 2 is 2.06 bits per heavy atom. The van der Waals surface area contributed by atoms with Crippen LogP contribution in [0.15, 0.2) is 46.0 Å². The number of halogens is 2. The van der Waals surface area contributed by atoms with Gasteiger partial charge in [0, 0.05) is 38.6 Å². The molecule has 0 radical (unpaired) electrons. The van der Waals surface area contributed by atoms with E-state index in [-0.39, 0.29) is 12.1 Å². The lowest BCUT2D eigenvalue weighted by Gasteiger charge is -2.32. The van der Waals surface area contributed by atoms with Crippen molar-refractivity contribution in [1.29, 1.82) is 0 Å². The van der Waals surface area contributed by atoms with Gasteiger partial charge in [-0.3, -0.25) is 4.99 Å². The minimum absolute atomic E-state index is 0.140. The van der Waals surface area contributed by atoms with Gasteiger partial charge in [-0.2, -0.15) is 0 Å². The van der Waals surface area contributed by atoms with Crippen LogP contribution in [0.4, 0.5) is 13.6 Å². The Balaban J connectivity index is 1.54. The summed E-state index contributed by atoms with van der Waals surface area (Å²) < 4.78 is 37.7. The molecule has 1 aliphatic heterocycles. The van der Waals surface area contributed by atoms with E-state index >= 15 is 0 Å². The van der Waals surface area contributed by atoms with Crippen LogP contribution in [-0.2, 0) is 17.6 Å². The number of nitrogens with one attached hydrogen (secondary N) is 2. The monoisotopic (exact) mass is 448 g/mol. The highest BCUT2D eigenvalue weighted by molar-refractivity contribution is 5.80. The molecule has 0 atom stereocenters. The highest BCUT2D eigenvalue weighted by atomic mass is 19.1. The van der Waals surface area contributed by atoms with Crippen LogP contribution in [0.2, 0.25) is 0 Å². The van der Waals surface area contributed by atoms with Gasteiger partial charge in [-0.25, -0.2) is 13.6 Å². The largest absolute Gasteiger partial charge is 0.469 e. The molecule has 2 heterocycles. The normalized spacial score (nSPS) is 15.0. The predicted octanol–water partition coefficient (Wildman–Crippen LogP) is 3.50. The van der Waals surface area contributed by atoms with Crippen LogP contribution < -0.4 is 10.6 Å². The maximum Gasteiger partial charge on any atom is 0.409 e. The van der Waals surface area contributed by atoms with E-state index < -0.39 is 11.6 Å². The van der Waals surface area contributed by atoms with Crippen LogP contribution in [0.1, 0.15) is 31.1 Å². The topological polar surface area (TPSA) is 79.1 Å². The van der Waals surface area contributed by atoms with E-state index in [2.05, 4.69) is 15.6 Å². The maximum atomic E-state index is 13.9. The van der Waals surface area contributed by atoms with Gasteiger partial charge in [-0.05, 0) is 62.1 Å². The van der Waals surface area contributed by atoms with Crippen molar-refractivity contribution < 1.29 is 22.7 Å². The number of hydrogen-bond acceptors (Lipinski definition) is 4. The first-order chi connectivity index (χ1) is 15.5. The second kappa shape index (κ2) is 12.1. The molecule has 0 bridgehead atoms. The summed E-state index contributed by atoms with van der Waals surface area (Å²) in [7, 11) is 0. The summed E-state index contributed by atoms with van der Waals surface area (Å²) in [6.07, 6.45) is 3.84. The summed E-state index contributed by atoms with van der Waals surface area (Å²) in [5.41, 5.74) is 0.315. The quantitative estimate of drug-likeness (QED) is 0.477. The molecule has 1 fully saturated rings. The number of nitrogens with zero attached hydrogens (tertiary/aromatic N) is 2. The number of piperidine rings is 1. The molecule has 2 N–H and O–H groups in total. The molecule has 7 nitrogen and oxygen atoms in total. The third-order valence-electron chi connectivity index (χ3n) is 5.26. The van der Waals surface area contributed by atoms with Gasteiger partial charge in [0.25, 0.3) is 0 Å². The molecule has 32 heavy (non-hydrogen) atoms. The average molecular weight is 449 g/mol. The highest BCUT2D eigenvalue weighted by Crippen LogP contribution is 2.12. The van der Waals surface area contributed by atoms with Crippen molar-refractivity contribution in [1.82, 2.24) is 15.5 Å². The molecule has 3 rings (SSSR count). The minimum atomic E-state index is -0.458. The first-order valence-corrected chi connectivity index (χ1v) is 11.0. The van der Waals surface area contributed by atoms with Gasteiger partial charge in [0.05, 0.1) is 12.9 Å². The summed E-state index contributed by atoms with van der Waals surface area (Å²) >= 11 is 0. The molecule has 0 unspecified atom stereocenters. The summed E-state index contributed by atoms with van der Waals surface area (Å²) in [6, 6.07) is 7.33. The second-order valence-corrected chi connectivity index (χ2v) is 7.58. The van der Waals surface area contributed by atoms with E-state index in [9.17, 15) is 13.6 Å². The van der Waals surface area contributed by atoms with Crippen LogP contribution in [0.5, 0.6) is 0 Å². The SMILES string of the molecule is CCOC(=O)N1CCC(NC(=NCCc2ccco2)NCCc2cc(F)ccc2F)CC1. The average Bonchev–Trinajstić information content (AvgIpc) is 3.30. The van der Waals surface area contributed by atoms with Crippen LogP contribution in [0, 0.1) is 11.6 Å². The number of furan rings is 1. The Morgan fingerprint density at radius 3 is 2.78 bits per heavy atom. The van der Waals surface area contributed by atoms with E-state index in [1.807, 2.05) is 12.1 Å². The Bertz CT molecular complexity index is 881. The van der Waals surface area contributed by atoms with Gasteiger partial charge in [-0.1, -0.05) is 0 Å². The van der Waals surface area contributed by atoms with Crippen LogP contribution in [0.3, 0.4) is 0 Å². The fourth-order valence-electron chi connectivity index (χ4n) is 3.55. The van der Waals surface area contributed by atoms with Crippen LogP contribution >= 0.6 is 0 Å². The minimum Gasteiger partial charge on any atom is -0.469 e. The maximum absolute atomic E-state index is 13.9. The van der Waals surface area contributed by atoms with E-state index in [0.29, 0.717) is 57.2 Å². The summed E-state index contributed by atoms with van der Waals surface area (Å²) in [4.78, 5) is 18.2. The number of amides is 1. The molecule has 0 aliphatic carbocycles. The first-order valence-electron chi connectivity index (χ1n) is 11.0. The zero-order valence-corrected chi connectivity index (χ0v) is 18.3. The molecule has 1 aromatic carbocycles. The molecule has 1 amide bonds. The zero-order chi connectivity index (χ0) is 22.8. The third kappa shape index (κ3) is 7.25. The summed E-state index contributed by atoms with van der Waals surface area (Å²) in [5, 5.41) is 6.61. The van der Waals surface area contributed by atoms with Gasteiger partial charge in [0.2, 0.25) is 0 Å². The number of rotatable bonds is 8. The highest BCUT2D eigenvalue weighted by Gasteiger charge is 2.24. The number of likely N-dealkylation sites (tertiary alicyclic amines) is 1. The lowest BCUT2D eigenvalue weighted by atomic mass is 10.1. The van der Waals surface area contributed by atoms with E-state index in [1.165, 1.54) is 6.07 Å². The predicted molar refractivity (Wildman–Crippen MR) is 118 cm³/mol. The van der Waals surface area contributed by atoms with Crippen LogP contribution in [0.25, 0.3) is 0 Å². The Hall–Kier alpha value is -3.10. The van der Waals surface area contributed by atoms with Crippen molar-refractivity contribution in [3.8, 4) is 0 Å². The zero-order valence-electron chi connectivity index (χ0n) is 18.3. The molecule has 9 heteroatoms. The number of hydrogen-bond donors (Lipinski definition) is 2. The second-order valence-electron chi connectivity index (χ2n) is 7.58. The Morgan fingerprint density at radius 1 is 1.25 bits per heavy atom. The summed E-state index contributed by atoms with van der Waals surface area (Å²) in [5.74, 6) is 0.560. The van der Waals surface area contributed by atoms with Crippen molar-refractivity contribution in [3.63, 3.8) is 0 Å². The third-order valence-corrected chi connectivity index (χ3v) is 5.26. The van der Waals surface area contributed by atoms with Crippen molar-refractivity contribution >= 4 is 12.1 Å². The van der Waals surface area contributed by atoms with Crippen LogP contribution in [-0.4, -0.2) is 55.8 Å². The van der Waals surface area contributed by atoms with Crippen molar-refractivity contribution in [2.75, 3.05) is 32.8 Å². The van der Waals surface area contributed by atoms with Gasteiger partial charge in [-0.15, -0.1) is 0 Å². The molecular formula is C23H30F2N4O3. The smallest absolute Gasteiger partial charge is 0.409 e. The van der Waals surface area contributed by atoms with Crippen molar-refractivity contribution in [3.05, 3.63) is 59.6 Å². The number of carbonyl (C=O) groups excluding carboxylic acids is 1. The van der Waals surface area contributed by atoms with E-state index in [4.69, 9.17) is 9.15 Å². The molecule has 1 aliphatic rings. The first kappa shape index (κ1) is 23.6. The summed E-state index contributed by atoms with van der Waals surface area (Å²) in [6.45, 7) is 4.27. The fourth-order valence-corrected chi connectivity index (χ4v) is 3.55. The van der Waals surface area contributed by atoms with Crippen molar-refractivity contribution in [2.45, 2.75) is 38.6 Å². The number of carbonyl (C=O) groups is 1. The standard InChI is InChI=1S/C23H30F2N4O3/c1-2-31-23(30)29-13-9-19(10-14-29)28-22(27-12-8-20-4-3-15-32-20)26-11-7-17-16-18(24)5-6-21(17)25/h3-6,15-16,19H,2,7-14H2,1H3,(H2,26,27,28). The molecule has 1 aromatic heterocycles. The molecule has 0 spiro atoms. The van der Waals surface area contributed by atoms with Gasteiger partial charge in [0.15, 0.2) is 5.96 Å². The Labute approximate surface area is 186 Å². The molecule has 0 saturated carbocycles. The number of benzene rings is 1. The Kier molecular flexibility index (Phi) is 8.89. The van der Waals surface area contributed by atoms with E-state index in [1.54, 1.807) is 18.1 Å². The van der Waals surface area contributed by atoms with Gasteiger partial charge < -0.3 is 24.7 Å². The number of ether oxygens (including phenoxy) is 1. The fraction of sp³-hybridized carbons (Fsp3) is 0.478. The molecule has 1 saturated heterocycles. The lowest BCUT2D eigenvalue weighted by molar-refractivity contribution is 0.0963. The van der Waals surface area contributed by atoms with E-state index in [0.717, 1.165) is 30.7 Å². The molecular weight excluding hydrogens is 418 g/mol. The lowest BCUT2D eigenvalue weighted by Crippen LogP contribution is -2.50. The van der Waals surface area contributed by atoms with Gasteiger partial charge in [0.1, 0.15) is 17.4 Å². The molecule has 174 valence electrons. The van der Waals surface area contributed by atoms with Gasteiger partial charge >= 0.3 is 6.09 Å².